The molecule has 10 nitrogen and oxygen atoms in total. The standard InChI is InChI=1S/C31H31F2N5O3.C7H13NO/c1-8-19-22(32)13-12-18-10-9-11-20(24(18)19)26-25(33)27-21(16-34-26)28(36-29(35-27)40-7)37(6)23-14-15-38(17(23)2)30(39)41-31(3,4)5;9-7-4-6-2-1-3-8(6)5-7/h1,9-13,16-17,23H,14-15H2,2-7H3;6-7,9H,1-5H2. The molecular weight excluding hydrogens is 642 g/mol. The zero-order valence-corrected chi connectivity index (χ0v) is 29.4. The number of fused-ring (bicyclic) bond motifs is 3. The maximum absolute atomic E-state index is 16.3. The highest BCUT2D eigenvalue weighted by atomic mass is 19.1. The first-order chi connectivity index (χ1) is 23.8. The number of aromatic nitrogens is 3. The van der Waals surface area contributed by atoms with Crippen molar-refractivity contribution in [2.24, 2.45) is 0 Å². The van der Waals surface area contributed by atoms with Crippen LogP contribution in [-0.4, -0.2) is 99.6 Å². The Morgan fingerprint density at radius 3 is 2.62 bits per heavy atom. The summed E-state index contributed by atoms with van der Waals surface area (Å²) in [4.78, 5) is 32.1. The van der Waals surface area contributed by atoms with Crippen LogP contribution in [0.25, 0.3) is 32.9 Å². The number of terminal acetylenes is 1. The van der Waals surface area contributed by atoms with Crippen molar-refractivity contribution in [1.82, 2.24) is 24.8 Å². The first kappa shape index (κ1) is 35.2. The van der Waals surface area contributed by atoms with Crippen LogP contribution in [0.4, 0.5) is 19.4 Å². The lowest BCUT2D eigenvalue weighted by molar-refractivity contribution is 0.0233. The Hall–Kier alpha value is -4.60. The second-order valence-corrected chi connectivity index (χ2v) is 14.2. The molecule has 2 aromatic heterocycles. The number of likely N-dealkylation sites (N-methyl/N-ethyl adjacent to an activating group) is 1. The van der Waals surface area contributed by atoms with Gasteiger partial charge >= 0.3 is 12.1 Å². The molecule has 264 valence electrons. The Kier molecular flexibility index (Phi) is 9.84. The molecule has 0 saturated carbocycles. The highest BCUT2D eigenvalue weighted by Crippen LogP contribution is 2.38. The van der Waals surface area contributed by atoms with Gasteiger partial charge in [0, 0.05) is 43.3 Å². The molecule has 0 bridgehead atoms. The van der Waals surface area contributed by atoms with E-state index in [1.165, 1.54) is 38.8 Å². The third-order valence-electron chi connectivity index (χ3n) is 9.88. The number of likely N-dealkylation sites (tertiary alicyclic amines) is 1. The number of aliphatic hydroxyl groups is 1. The highest BCUT2D eigenvalue weighted by Gasteiger charge is 2.39. The van der Waals surface area contributed by atoms with Gasteiger partial charge in [0.1, 0.15) is 28.4 Å². The fraction of sp³-hybridized carbons (Fsp3) is 0.474. The summed E-state index contributed by atoms with van der Waals surface area (Å²) in [6.45, 7) is 10.1. The quantitative estimate of drug-likeness (QED) is 0.253. The molecule has 3 aliphatic rings. The molecule has 4 atom stereocenters. The molecule has 50 heavy (non-hydrogen) atoms. The molecule has 4 unspecified atom stereocenters. The third-order valence-corrected chi connectivity index (χ3v) is 9.88. The van der Waals surface area contributed by atoms with Gasteiger partial charge in [-0.15, -0.1) is 6.42 Å². The van der Waals surface area contributed by atoms with Gasteiger partial charge in [-0.3, -0.25) is 9.88 Å². The number of hydrogen-bond donors (Lipinski definition) is 1. The van der Waals surface area contributed by atoms with Crippen molar-refractivity contribution < 1.29 is 28.2 Å². The second kappa shape index (κ2) is 14.0. The van der Waals surface area contributed by atoms with Gasteiger partial charge in [-0.2, -0.15) is 9.97 Å². The predicted octanol–water partition coefficient (Wildman–Crippen LogP) is 6.16. The maximum atomic E-state index is 16.3. The van der Waals surface area contributed by atoms with Crippen molar-refractivity contribution in [2.45, 2.75) is 83.2 Å². The van der Waals surface area contributed by atoms with Crippen molar-refractivity contribution in [1.29, 1.82) is 0 Å². The van der Waals surface area contributed by atoms with Gasteiger partial charge < -0.3 is 24.4 Å². The highest BCUT2D eigenvalue weighted by molar-refractivity contribution is 6.02. The summed E-state index contributed by atoms with van der Waals surface area (Å²) < 4.78 is 41.9. The molecule has 2 aromatic carbocycles. The smallest absolute Gasteiger partial charge is 0.410 e. The molecule has 3 aliphatic heterocycles. The molecule has 3 saturated heterocycles. The largest absolute Gasteiger partial charge is 0.467 e. The summed E-state index contributed by atoms with van der Waals surface area (Å²) in [5.41, 5.74) is -0.266. The number of methoxy groups -OCH3 is 1. The van der Waals surface area contributed by atoms with Gasteiger partial charge in [-0.1, -0.05) is 30.2 Å². The number of aliphatic hydroxyl groups excluding tert-OH is 1. The van der Waals surface area contributed by atoms with Crippen molar-refractivity contribution >= 4 is 33.6 Å². The average Bonchev–Trinajstić information content (AvgIpc) is 3.78. The van der Waals surface area contributed by atoms with E-state index in [9.17, 15) is 14.3 Å². The van der Waals surface area contributed by atoms with Gasteiger partial charge in [0.05, 0.1) is 36.2 Å². The number of nitrogens with zero attached hydrogens (tertiary/aromatic N) is 6. The Morgan fingerprint density at radius 2 is 1.92 bits per heavy atom. The van der Waals surface area contributed by atoms with Crippen LogP contribution in [0.3, 0.4) is 0 Å². The number of halogens is 2. The van der Waals surface area contributed by atoms with Crippen LogP contribution in [0, 0.1) is 24.0 Å². The fourth-order valence-electron chi connectivity index (χ4n) is 7.50. The van der Waals surface area contributed by atoms with Crippen molar-refractivity contribution in [2.75, 3.05) is 38.7 Å². The van der Waals surface area contributed by atoms with E-state index in [0.29, 0.717) is 40.5 Å². The van der Waals surface area contributed by atoms with Gasteiger partial charge in [-0.25, -0.2) is 13.6 Å². The van der Waals surface area contributed by atoms with Crippen LogP contribution in [0.15, 0.2) is 36.5 Å². The molecule has 0 radical (unpaired) electrons. The van der Waals surface area contributed by atoms with Crippen molar-refractivity contribution in [3.05, 3.63) is 53.7 Å². The van der Waals surface area contributed by atoms with Crippen LogP contribution < -0.4 is 9.64 Å². The summed E-state index contributed by atoms with van der Waals surface area (Å²) in [6.07, 6.45) is 11.1. The molecule has 7 rings (SSSR count). The summed E-state index contributed by atoms with van der Waals surface area (Å²) >= 11 is 0. The first-order valence-corrected chi connectivity index (χ1v) is 17.0. The number of pyridine rings is 1. The fourth-order valence-corrected chi connectivity index (χ4v) is 7.50. The van der Waals surface area contributed by atoms with Gasteiger partial charge in [0.25, 0.3) is 0 Å². The second-order valence-electron chi connectivity index (χ2n) is 14.2. The minimum atomic E-state index is -0.715. The number of benzene rings is 2. The molecule has 12 heteroatoms. The number of ether oxygens (including phenoxy) is 2. The number of anilines is 1. The summed E-state index contributed by atoms with van der Waals surface area (Å²) in [5.74, 6) is 1.50. The summed E-state index contributed by atoms with van der Waals surface area (Å²) in [7, 11) is 3.24. The molecule has 1 N–H and O–H groups in total. The minimum absolute atomic E-state index is 0.00554. The first-order valence-electron chi connectivity index (χ1n) is 17.0. The number of carbonyl (C=O) groups is 1. The van der Waals surface area contributed by atoms with Crippen LogP contribution in [0.1, 0.15) is 58.9 Å². The zero-order valence-electron chi connectivity index (χ0n) is 29.4. The SMILES string of the molecule is C#Cc1c(F)ccc2cccc(-c3ncc4c(N(C)C5CCN(C(=O)OC(C)(C)C)C5C)nc(OC)nc4c3F)c12.OC1CC2CCCN2C1. The number of amides is 1. The van der Waals surface area contributed by atoms with Crippen LogP contribution in [0.2, 0.25) is 0 Å². The third kappa shape index (κ3) is 6.76. The van der Waals surface area contributed by atoms with E-state index < -0.39 is 17.2 Å². The van der Waals surface area contributed by atoms with E-state index in [-0.39, 0.29) is 47.1 Å². The predicted molar refractivity (Wildman–Crippen MR) is 189 cm³/mol. The number of rotatable bonds is 4. The summed E-state index contributed by atoms with van der Waals surface area (Å²) in [5, 5.41) is 10.6. The maximum Gasteiger partial charge on any atom is 0.410 e. The van der Waals surface area contributed by atoms with Crippen LogP contribution in [0.5, 0.6) is 6.01 Å². The molecule has 0 spiro atoms. The van der Waals surface area contributed by atoms with E-state index in [0.717, 1.165) is 19.0 Å². The number of carbonyl (C=O) groups excluding carboxylic acids is 1. The van der Waals surface area contributed by atoms with E-state index in [1.807, 2.05) is 39.6 Å². The van der Waals surface area contributed by atoms with Crippen molar-refractivity contribution in [3.8, 4) is 29.6 Å². The zero-order chi connectivity index (χ0) is 35.9. The van der Waals surface area contributed by atoms with E-state index >= 15 is 4.39 Å². The van der Waals surface area contributed by atoms with Gasteiger partial charge in [0.15, 0.2) is 5.82 Å². The molecule has 5 heterocycles. The minimum Gasteiger partial charge on any atom is -0.467 e. The van der Waals surface area contributed by atoms with E-state index in [1.54, 1.807) is 29.2 Å². The Bertz CT molecular complexity index is 1950. The topological polar surface area (TPSA) is 104 Å². The molecule has 4 aromatic rings. The lowest BCUT2D eigenvalue weighted by Crippen LogP contribution is -2.45. The van der Waals surface area contributed by atoms with Crippen LogP contribution >= 0.6 is 0 Å². The Balaban J connectivity index is 0.000000412. The van der Waals surface area contributed by atoms with Gasteiger partial charge in [-0.05, 0) is 71.4 Å². The van der Waals surface area contributed by atoms with E-state index in [4.69, 9.17) is 15.9 Å². The number of hydrogen-bond acceptors (Lipinski definition) is 9. The monoisotopic (exact) mass is 686 g/mol. The molecule has 0 aliphatic carbocycles. The van der Waals surface area contributed by atoms with Crippen molar-refractivity contribution in [3.63, 3.8) is 0 Å². The lowest BCUT2D eigenvalue weighted by atomic mass is 9.96. The molecular formula is C38H44F2N6O4. The average molecular weight is 687 g/mol. The Morgan fingerprint density at radius 1 is 1.14 bits per heavy atom. The lowest BCUT2D eigenvalue weighted by Gasteiger charge is -2.33. The summed E-state index contributed by atoms with van der Waals surface area (Å²) in [6, 6.07) is 8.39. The molecule has 3 fully saturated rings. The van der Waals surface area contributed by atoms with Crippen LogP contribution in [-0.2, 0) is 4.74 Å². The van der Waals surface area contributed by atoms with E-state index in [2.05, 4.69) is 25.8 Å². The van der Waals surface area contributed by atoms with Gasteiger partial charge in [0.2, 0.25) is 0 Å². The Labute approximate surface area is 291 Å². The normalized spacial score (nSPS) is 21.9. The molecule has 1 amide bonds.